The molecule has 2 rings (SSSR count). The average Bonchev–Trinajstić information content (AvgIpc) is 2.47. The molecule has 0 atom stereocenters. The highest BCUT2D eigenvalue weighted by atomic mass is 79.9. The maximum Gasteiger partial charge on any atom is 0.277 e. The van der Waals surface area contributed by atoms with Gasteiger partial charge in [0.2, 0.25) is 0 Å². The number of rotatable bonds is 5. The number of amides is 1. The Morgan fingerprint density at radius 1 is 1.38 bits per heavy atom. The molecule has 2 aromatic rings. The van der Waals surface area contributed by atoms with Crippen LogP contribution in [0.2, 0.25) is 0 Å². The van der Waals surface area contributed by atoms with Gasteiger partial charge < -0.3 is 4.74 Å². The number of nitrogens with zero attached hydrogens (tertiary/aromatic N) is 2. The van der Waals surface area contributed by atoms with Crippen molar-refractivity contribution in [1.29, 1.82) is 0 Å². The van der Waals surface area contributed by atoms with Crippen LogP contribution in [0.25, 0.3) is 0 Å². The molecule has 7 heteroatoms. The molecule has 1 aromatic carbocycles. The Labute approximate surface area is 138 Å². The summed E-state index contributed by atoms with van der Waals surface area (Å²) in [5.41, 5.74) is 3.19. The summed E-state index contributed by atoms with van der Waals surface area (Å²) in [6.45, 7) is -0.120. The maximum atomic E-state index is 11.6. The predicted molar refractivity (Wildman–Crippen MR) is 87.3 cm³/mol. The van der Waals surface area contributed by atoms with Gasteiger partial charge in [-0.2, -0.15) is 5.10 Å². The Morgan fingerprint density at radius 2 is 2.24 bits per heavy atom. The van der Waals surface area contributed by atoms with Gasteiger partial charge in [0.25, 0.3) is 5.91 Å². The lowest BCUT2D eigenvalue weighted by Crippen LogP contribution is -2.24. The first kappa shape index (κ1) is 15.7. The number of halogens is 2. The molecule has 0 spiro atoms. The van der Waals surface area contributed by atoms with Crippen LogP contribution in [0.4, 0.5) is 0 Å². The van der Waals surface area contributed by atoms with Crippen molar-refractivity contribution in [2.75, 3.05) is 6.61 Å². The SMILES string of the molecule is O=C(COc1ccc(Br)cc1Br)NN=Cc1cccnc1. The lowest BCUT2D eigenvalue weighted by Gasteiger charge is -2.07. The molecule has 0 aliphatic carbocycles. The van der Waals surface area contributed by atoms with Gasteiger partial charge in [-0.3, -0.25) is 9.78 Å². The lowest BCUT2D eigenvalue weighted by atomic mass is 10.3. The van der Waals surface area contributed by atoms with Crippen LogP contribution >= 0.6 is 31.9 Å². The monoisotopic (exact) mass is 411 g/mol. The Hall–Kier alpha value is -1.73. The zero-order valence-corrected chi connectivity index (χ0v) is 14.0. The minimum atomic E-state index is -0.343. The van der Waals surface area contributed by atoms with E-state index in [1.54, 1.807) is 24.5 Å². The molecule has 108 valence electrons. The topological polar surface area (TPSA) is 63.6 Å². The molecule has 21 heavy (non-hydrogen) atoms. The number of hydrogen-bond acceptors (Lipinski definition) is 4. The largest absolute Gasteiger partial charge is 0.483 e. The molecule has 0 unspecified atom stereocenters. The number of ether oxygens (including phenoxy) is 1. The Balaban J connectivity index is 1.81. The number of carbonyl (C=O) groups excluding carboxylic acids is 1. The van der Waals surface area contributed by atoms with Crippen molar-refractivity contribution in [3.05, 3.63) is 57.2 Å². The molecule has 0 radical (unpaired) electrons. The van der Waals surface area contributed by atoms with Gasteiger partial charge >= 0.3 is 0 Å². The second-order valence-corrected chi connectivity index (χ2v) is 5.71. The van der Waals surface area contributed by atoms with E-state index in [1.165, 1.54) is 6.21 Å². The minimum Gasteiger partial charge on any atom is -0.483 e. The quantitative estimate of drug-likeness (QED) is 0.606. The molecule has 0 fully saturated rings. The third kappa shape index (κ3) is 5.28. The number of pyridine rings is 1. The first-order valence-corrected chi connectivity index (χ1v) is 7.53. The molecule has 0 saturated carbocycles. The van der Waals surface area contributed by atoms with Crippen molar-refractivity contribution in [2.24, 2.45) is 5.10 Å². The minimum absolute atomic E-state index is 0.120. The van der Waals surface area contributed by atoms with Crippen molar-refractivity contribution < 1.29 is 9.53 Å². The van der Waals surface area contributed by atoms with Crippen LogP contribution < -0.4 is 10.2 Å². The normalized spacial score (nSPS) is 10.6. The third-order valence-electron chi connectivity index (χ3n) is 2.34. The van der Waals surface area contributed by atoms with Gasteiger partial charge in [0.1, 0.15) is 5.75 Å². The maximum absolute atomic E-state index is 11.6. The van der Waals surface area contributed by atoms with E-state index in [4.69, 9.17) is 4.74 Å². The number of nitrogens with one attached hydrogen (secondary N) is 1. The Kier molecular flexibility index (Phi) is 5.89. The molecular formula is C14H11Br2N3O2. The molecule has 0 aliphatic rings. The van der Waals surface area contributed by atoms with Crippen molar-refractivity contribution in [1.82, 2.24) is 10.4 Å². The van der Waals surface area contributed by atoms with E-state index in [9.17, 15) is 4.79 Å². The predicted octanol–water partition coefficient (Wildman–Crippen LogP) is 3.14. The van der Waals surface area contributed by atoms with Gasteiger partial charge in [-0.05, 0) is 40.2 Å². The smallest absolute Gasteiger partial charge is 0.277 e. The van der Waals surface area contributed by atoms with Gasteiger partial charge in [0.05, 0.1) is 10.7 Å². The summed E-state index contributed by atoms with van der Waals surface area (Å²) in [6.07, 6.45) is 4.82. The summed E-state index contributed by atoms with van der Waals surface area (Å²) in [4.78, 5) is 15.5. The second kappa shape index (κ2) is 7.90. The fourth-order valence-electron chi connectivity index (χ4n) is 1.40. The third-order valence-corrected chi connectivity index (χ3v) is 3.45. The van der Waals surface area contributed by atoms with Crippen LogP contribution in [-0.4, -0.2) is 23.7 Å². The van der Waals surface area contributed by atoms with Crippen molar-refractivity contribution in [2.45, 2.75) is 0 Å². The van der Waals surface area contributed by atoms with Gasteiger partial charge in [-0.25, -0.2) is 5.43 Å². The van der Waals surface area contributed by atoms with Gasteiger partial charge in [-0.15, -0.1) is 0 Å². The highest BCUT2D eigenvalue weighted by Gasteiger charge is 2.05. The molecule has 1 aromatic heterocycles. The first-order chi connectivity index (χ1) is 10.1. The van der Waals surface area contributed by atoms with Gasteiger partial charge in [0.15, 0.2) is 6.61 Å². The number of benzene rings is 1. The van der Waals surface area contributed by atoms with Crippen molar-refractivity contribution >= 4 is 44.0 Å². The van der Waals surface area contributed by atoms with E-state index < -0.39 is 0 Å². The van der Waals surface area contributed by atoms with Gasteiger partial charge in [-0.1, -0.05) is 22.0 Å². The molecular weight excluding hydrogens is 402 g/mol. The number of hydrogen-bond donors (Lipinski definition) is 1. The van der Waals surface area contributed by atoms with Gasteiger partial charge in [0, 0.05) is 22.4 Å². The summed E-state index contributed by atoms with van der Waals surface area (Å²) in [6, 6.07) is 9.06. The molecule has 5 nitrogen and oxygen atoms in total. The van der Waals surface area contributed by atoms with Crippen LogP contribution in [0.5, 0.6) is 5.75 Å². The highest BCUT2D eigenvalue weighted by molar-refractivity contribution is 9.11. The van der Waals surface area contributed by atoms with Crippen LogP contribution in [0.15, 0.2) is 56.8 Å². The summed E-state index contributed by atoms with van der Waals surface area (Å²) in [5, 5.41) is 3.83. The standard InChI is InChI=1S/C14H11Br2N3O2/c15-11-3-4-13(12(16)6-11)21-9-14(20)19-18-8-10-2-1-5-17-7-10/h1-8H,9H2,(H,19,20). The van der Waals surface area contributed by atoms with E-state index in [1.807, 2.05) is 18.2 Å². The molecule has 1 N–H and O–H groups in total. The summed E-state index contributed by atoms with van der Waals surface area (Å²) in [5.74, 6) is 0.245. The average molecular weight is 413 g/mol. The van der Waals surface area contributed by atoms with Crippen LogP contribution in [0, 0.1) is 0 Å². The molecule has 0 bridgehead atoms. The molecule has 0 aliphatic heterocycles. The van der Waals surface area contributed by atoms with Crippen LogP contribution in [-0.2, 0) is 4.79 Å². The zero-order valence-electron chi connectivity index (χ0n) is 10.8. The number of hydrazone groups is 1. The molecule has 1 amide bonds. The number of aromatic nitrogens is 1. The zero-order chi connectivity index (χ0) is 15.1. The summed E-state index contributed by atoms with van der Waals surface area (Å²) >= 11 is 6.70. The summed E-state index contributed by atoms with van der Waals surface area (Å²) in [7, 11) is 0. The van der Waals surface area contributed by atoms with E-state index in [-0.39, 0.29) is 12.5 Å². The molecule has 0 saturated heterocycles. The lowest BCUT2D eigenvalue weighted by molar-refractivity contribution is -0.123. The van der Waals surface area contributed by atoms with Crippen molar-refractivity contribution in [3.8, 4) is 5.75 Å². The highest BCUT2D eigenvalue weighted by Crippen LogP contribution is 2.27. The van der Waals surface area contributed by atoms with E-state index in [0.29, 0.717) is 5.75 Å². The Morgan fingerprint density at radius 3 is 2.95 bits per heavy atom. The second-order valence-electron chi connectivity index (χ2n) is 3.94. The van der Waals surface area contributed by atoms with Crippen LogP contribution in [0.3, 0.4) is 0 Å². The van der Waals surface area contributed by atoms with E-state index in [2.05, 4.69) is 47.4 Å². The Bertz CT molecular complexity index is 648. The fraction of sp³-hybridized carbons (Fsp3) is 0.0714. The first-order valence-electron chi connectivity index (χ1n) is 5.95. The fourth-order valence-corrected chi connectivity index (χ4v) is 2.56. The van der Waals surface area contributed by atoms with E-state index in [0.717, 1.165) is 14.5 Å². The van der Waals surface area contributed by atoms with E-state index >= 15 is 0 Å². The van der Waals surface area contributed by atoms with Crippen LogP contribution in [0.1, 0.15) is 5.56 Å². The summed E-state index contributed by atoms with van der Waals surface area (Å²) < 4.78 is 7.08. The molecule has 1 heterocycles. The van der Waals surface area contributed by atoms with Crippen molar-refractivity contribution in [3.63, 3.8) is 0 Å². The number of carbonyl (C=O) groups is 1.